The minimum Gasteiger partial charge on any atom is -0.494 e. The van der Waals surface area contributed by atoms with Gasteiger partial charge >= 0.3 is 0 Å². The largest absolute Gasteiger partial charge is 0.494 e. The van der Waals surface area contributed by atoms with Gasteiger partial charge in [0.25, 0.3) is 0 Å². The molecule has 36 heteroatoms. The molecule has 0 radical (unpaired) electrons. The van der Waals surface area contributed by atoms with Crippen molar-refractivity contribution in [3.8, 4) is 51.0 Å². The quantitative estimate of drug-likeness (QED) is 0.0135. The van der Waals surface area contributed by atoms with Crippen LogP contribution in [0.4, 0.5) is 69.0 Å². The van der Waals surface area contributed by atoms with Gasteiger partial charge in [-0.3, -0.25) is 28.4 Å². The van der Waals surface area contributed by atoms with Crippen LogP contribution in [0.3, 0.4) is 0 Å². The van der Waals surface area contributed by atoms with Gasteiger partial charge in [0.15, 0.2) is 0 Å². The van der Waals surface area contributed by atoms with E-state index in [-0.39, 0.29) is 24.5 Å². The minimum atomic E-state index is -1.21. The molecule has 0 bridgehead atoms. The Labute approximate surface area is 685 Å². The second-order valence-electron chi connectivity index (χ2n) is 30.2. The first-order valence-corrected chi connectivity index (χ1v) is 42.4. The monoisotopic (exact) mass is 1620 g/mol. The number of H-pyrrole nitrogens is 1. The fourth-order valence-corrected chi connectivity index (χ4v) is 14.7. The molecule has 0 saturated carbocycles. The van der Waals surface area contributed by atoms with E-state index in [4.69, 9.17) is 38.9 Å². The zero-order chi connectivity index (χ0) is 83.5. The topological polar surface area (TPSA) is 356 Å². The molecule has 3 amide bonds. The number of benzene rings is 3. The molecule has 9 aromatic heterocycles. The van der Waals surface area contributed by atoms with Crippen LogP contribution in [-0.4, -0.2) is 247 Å². The third kappa shape index (κ3) is 19.6. The molecule has 0 aliphatic carbocycles. The Kier molecular flexibility index (Phi) is 25.9. The number of amides is 3. The van der Waals surface area contributed by atoms with Crippen molar-refractivity contribution in [3.63, 3.8) is 0 Å². The van der Waals surface area contributed by atoms with Gasteiger partial charge in [-0.2, -0.15) is 30.2 Å². The maximum Gasteiger partial charge on any atom is 0.247 e. The van der Waals surface area contributed by atoms with E-state index in [9.17, 15) is 19.5 Å². The summed E-state index contributed by atoms with van der Waals surface area (Å²) in [5.74, 6) is 1.96. The van der Waals surface area contributed by atoms with E-state index in [1.165, 1.54) is 18.2 Å². The number of aliphatic hydroxyl groups is 1. The number of rotatable bonds is 27. The van der Waals surface area contributed by atoms with Gasteiger partial charge in [-0.1, -0.05) is 39.4 Å². The summed E-state index contributed by atoms with van der Waals surface area (Å²) in [4.78, 5) is 82.5. The molecular weight excluding hydrogens is 1520 g/mol. The number of ether oxygens (including phenoxy) is 4. The highest BCUT2D eigenvalue weighted by atomic mass is 28.3. The van der Waals surface area contributed by atoms with Crippen LogP contribution in [0, 0.1) is 0 Å². The van der Waals surface area contributed by atoms with Gasteiger partial charge in [-0.25, -0.2) is 15.0 Å². The van der Waals surface area contributed by atoms with E-state index in [1.807, 2.05) is 111 Å². The van der Waals surface area contributed by atoms with Crippen molar-refractivity contribution in [2.75, 3.05) is 174 Å². The molecule has 118 heavy (non-hydrogen) atoms. The van der Waals surface area contributed by atoms with Gasteiger partial charge in [0.2, 0.25) is 35.6 Å². The lowest BCUT2D eigenvalue weighted by molar-refractivity contribution is -0.112. The maximum atomic E-state index is 12.5. The van der Waals surface area contributed by atoms with Crippen molar-refractivity contribution >= 4 is 128 Å². The summed E-state index contributed by atoms with van der Waals surface area (Å²) in [7, 11) is 15.5. The number of anilines is 12. The van der Waals surface area contributed by atoms with E-state index in [0.717, 1.165) is 152 Å². The Morgan fingerprint density at radius 2 is 0.831 bits per heavy atom. The number of fused-ring (bicyclic) bond motifs is 3. The summed E-state index contributed by atoms with van der Waals surface area (Å²) in [6, 6.07) is 18.2. The second-order valence-corrected chi connectivity index (χ2v) is 35.8. The van der Waals surface area contributed by atoms with Crippen molar-refractivity contribution < 1.29 is 38.4 Å². The highest BCUT2D eigenvalue weighted by Crippen LogP contribution is 2.44. The Morgan fingerprint density at radius 3 is 1.17 bits per heavy atom. The second kappa shape index (κ2) is 36.9. The van der Waals surface area contributed by atoms with Gasteiger partial charge in [0.05, 0.1) is 108 Å². The zero-order valence-corrected chi connectivity index (χ0v) is 69.8. The fourth-order valence-electron chi connectivity index (χ4n) is 13.9. The molecule has 12 aromatic rings. The average Bonchev–Trinajstić information content (AvgIpc) is 1.58. The van der Waals surface area contributed by atoms with E-state index >= 15 is 0 Å². The van der Waals surface area contributed by atoms with Crippen LogP contribution >= 0.6 is 0 Å². The molecule has 0 unspecified atom stereocenters. The van der Waals surface area contributed by atoms with Gasteiger partial charge in [0.1, 0.15) is 47.7 Å². The van der Waals surface area contributed by atoms with Crippen molar-refractivity contribution in [2.45, 2.75) is 39.1 Å². The molecule has 12 heterocycles. The number of aromatic nitrogens is 15. The number of carbonyl (C=O) groups excluding carboxylic acids is 3. The summed E-state index contributed by atoms with van der Waals surface area (Å²) in [5.41, 5.74) is 13.1. The van der Waals surface area contributed by atoms with Crippen LogP contribution in [0.5, 0.6) is 17.2 Å². The molecular formula is C82H103N27O8Si. The average molecular weight is 1620 g/mol. The highest BCUT2D eigenvalue weighted by Gasteiger charge is 2.28. The lowest BCUT2D eigenvalue weighted by atomic mass is 10.1. The van der Waals surface area contributed by atoms with Crippen molar-refractivity contribution in [1.29, 1.82) is 0 Å². The first-order chi connectivity index (χ1) is 56.9. The SMILES string of the molecule is C=CC(=O)Nc1cc(Nc2nc(-c3cnn(C)c3)c3cc[nH]c3n2)c(OC)cc1N1CCN(C)CC1.C=CC(=O)Nc1cc(Nc2nc(-c3cnn(C)c3)c3ccn(CO)c3n2)c(OC)cc1N1CCN(C)CC1.C=CC(=O)Nc1cc(Nc2nc(-c3cnn(C)c3)c3ccn(COCC[Si](C)(C)C)c3n2)c(OC)cc1N1CCN(C)CC1. The van der Waals surface area contributed by atoms with Crippen LogP contribution in [0.1, 0.15) is 0 Å². The summed E-state index contributed by atoms with van der Waals surface area (Å²) < 4.78 is 32.2. The molecule has 15 rings (SSSR count). The smallest absolute Gasteiger partial charge is 0.247 e. The number of hydrogen-bond acceptors (Lipinski definition) is 26. The number of carbonyl (C=O) groups is 3. The Balaban J connectivity index is 0.000000154. The molecule has 8 N–H and O–H groups in total. The van der Waals surface area contributed by atoms with Gasteiger partial charge < -0.3 is 99.5 Å². The Morgan fingerprint density at radius 1 is 0.475 bits per heavy atom. The van der Waals surface area contributed by atoms with Crippen LogP contribution < -0.4 is 60.8 Å². The summed E-state index contributed by atoms with van der Waals surface area (Å²) in [6.07, 6.45) is 20.3. The van der Waals surface area contributed by atoms with Crippen LogP contribution in [0.2, 0.25) is 25.7 Å². The molecule has 618 valence electrons. The number of nitrogens with zero attached hydrogens (tertiary/aromatic N) is 20. The maximum absolute atomic E-state index is 12.5. The Bertz CT molecular complexity index is 5620. The third-order valence-corrected chi connectivity index (χ3v) is 22.2. The third-order valence-electron chi connectivity index (χ3n) is 20.5. The van der Waals surface area contributed by atoms with Gasteiger partial charge in [-0.05, 0) is 81.8 Å². The first kappa shape index (κ1) is 83.0. The van der Waals surface area contributed by atoms with Crippen molar-refractivity contribution in [1.82, 2.24) is 88.1 Å². The summed E-state index contributed by atoms with van der Waals surface area (Å²) in [6.45, 7) is 29.2. The molecule has 3 aliphatic rings. The van der Waals surface area contributed by atoms with E-state index in [1.54, 1.807) is 64.7 Å². The zero-order valence-electron chi connectivity index (χ0n) is 68.8. The van der Waals surface area contributed by atoms with E-state index in [0.29, 0.717) is 99.5 Å². The first-order valence-electron chi connectivity index (χ1n) is 38.7. The van der Waals surface area contributed by atoms with Gasteiger partial charge in [0, 0.05) is 203 Å². The van der Waals surface area contributed by atoms with Crippen LogP contribution in [0.25, 0.3) is 66.9 Å². The molecule has 35 nitrogen and oxygen atoms in total. The normalized spacial score (nSPS) is 14.1. The predicted molar refractivity (Wildman–Crippen MR) is 466 cm³/mol. The lowest BCUT2D eigenvalue weighted by Crippen LogP contribution is -2.44. The molecule has 3 saturated heterocycles. The highest BCUT2D eigenvalue weighted by molar-refractivity contribution is 6.76. The number of aromatic amines is 1. The Hall–Kier alpha value is -13.0. The van der Waals surface area contributed by atoms with Crippen molar-refractivity contribution in [2.24, 2.45) is 21.1 Å². The number of aliphatic hydroxyl groups excluding tert-OH is 1. The van der Waals surface area contributed by atoms with Gasteiger partial charge in [-0.15, -0.1) is 0 Å². The number of hydrogen-bond donors (Lipinski definition) is 8. The minimum absolute atomic E-state index is 0.229. The molecule has 3 aromatic carbocycles. The standard InChI is InChI=1S/C31H43N9O3Si.C26H31N9O3.C25H29N9O2/c1-8-28(41)33-24-17-25(27(42-4)18-26(24)39-13-11-37(2)12-14-39)34-31-35-29(22-19-32-38(3)20-22)23-9-10-40(30(23)36-31)21-43-15-16-44(5,6)7;1-5-23(37)28-19-12-20(22(38-4)13-21(19)34-10-8-32(2)9-11-34)29-26-30-24(17-14-27-33(3)15-17)18-6-7-35(16-36)25(18)31-26;1-5-22(35)28-18-12-19(21(36-4)13-20(18)34-10-8-32(2)9-11-34)29-25-30-23(16-14-27-33(3)15-16)17-6-7-26-24(17)31-25/h8-10,17-20H,1,11-16,21H2,2-7H3,(H,33,41)(H,34,35,36);5-7,12-15,36H,1,8-11,16H2,2-4H3,(H,28,37)(H,29,30,31);5-7,12-15H,1,8-11H2,2-4H3,(H,28,35)(H2,26,29,30,31). The number of piperazine rings is 3. The van der Waals surface area contributed by atoms with E-state index < -0.39 is 8.07 Å². The number of likely N-dealkylation sites (N-methyl/N-ethyl adjacent to an activating group) is 3. The molecule has 3 aliphatic heterocycles. The van der Waals surface area contributed by atoms with E-state index in [2.05, 4.69) is 152 Å². The summed E-state index contributed by atoms with van der Waals surface area (Å²) >= 11 is 0. The number of methoxy groups -OCH3 is 3. The number of aryl methyl sites for hydroxylation is 3. The van der Waals surface area contributed by atoms with Crippen LogP contribution in [0.15, 0.2) is 148 Å². The van der Waals surface area contributed by atoms with Crippen molar-refractivity contribution in [3.05, 3.63) is 148 Å². The molecule has 3 fully saturated rings. The molecule has 0 spiro atoms. The fraction of sp³-hybridized carbons (Fsp3) is 0.341. The predicted octanol–water partition coefficient (Wildman–Crippen LogP) is 10.2. The molecule has 0 atom stereocenters. The number of nitrogens with one attached hydrogen (secondary N) is 7. The lowest BCUT2D eigenvalue weighted by Gasteiger charge is -2.35. The van der Waals surface area contributed by atoms with Crippen LogP contribution in [-0.2, 0) is 53.7 Å². The summed E-state index contributed by atoms with van der Waals surface area (Å²) in [5, 5.41) is 44.2.